The number of benzene rings is 2. The van der Waals surface area contributed by atoms with Crippen molar-refractivity contribution >= 4 is 38.6 Å². The number of carboxylic acids is 2. The maximum absolute atomic E-state index is 12.2. The Labute approximate surface area is 161 Å². The molecule has 3 rings (SSSR count). The van der Waals surface area contributed by atoms with E-state index in [0.717, 1.165) is 11.6 Å². The van der Waals surface area contributed by atoms with Gasteiger partial charge in [0.25, 0.3) is 0 Å². The molecule has 0 amide bonds. The first-order valence-corrected chi connectivity index (χ1v) is 10.1. The zero-order valence-corrected chi connectivity index (χ0v) is 15.7. The van der Waals surface area contributed by atoms with Crippen LogP contribution in [0.25, 0.3) is 10.9 Å². The molecule has 0 aliphatic rings. The first-order valence-electron chi connectivity index (χ1n) is 8.27. The highest BCUT2D eigenvalue weighted by Crippen LogP contribution is 2.25. The lowest BCUT2D eigenvalue weighted by molar-refractivity contribution is -0.150. The second-order valence-corrected chi connectivity index (χ2v) is 8.26. The van der Waals surface area contributed by atoms with Crippen LogP contribution in [0.5, 0.6) is 0 Å². The summed E-state index contributed by atoms with van der Waals surface area (Å²) in [4.78, 5) is 25.5. The molecule has 1 heterocycles. The molecular weight excluding hydrogens is 384 g/mol. The van der Waals surface area contributed by atoms with Gasteiger partial charge in [0.2, 0.25) is 10.0 Å². The van der Waals surface area contributed by atoms with Crippen LogP contribution in [0.2, 0.25) is 0 Å². The molecule has 0 radical (unpaired) electrons. The lowest BCUT2D eigenvalue weighted by Gasteiger charge is -2.21. The second-order valence-electron chi connectivity index (χ2n) is 6.36. The highest BCUT2D eigenvalue weighted by Gasteiger charge is 2.28. The predicted octanol–water partition coefficient (Wildman–Crippen LogP) is 2.39. The molecule has 28 heavy (non-hydrogen) atoms. The number of aliphatic carboxylic acids is 2. The number of para-hydroxylation sites is 1. The van der Waals surface area contributed by atoms with Gasteiger partial charge in [-0.15, -0.1) is 0 Å². The third-order valence-electron chi connectivity index (χ3n) is 4.29. The molecule has 3 N–H and O–H groups in total. The molecule has 0 spiro atoms. The van der Waals surface area contributed by atoms with Crippen LogP contribution in [-0.2, 0) is 26.2 Å². The summed E-state index contributed by atoms with van der Waals surface area (Å²) in [5.41, 5.74) is 1.76. The summed E-state index contributed by atoms with van der Waals surface area (Å²) in [6.45, 7) is 0.0498. The minimum absolute atomic E-state index is 0.0498. The minimum Gasteiger partial charge on any atom is -0.480 e. The monoisotopic (exact) mass is 402 g/mol. The summed E-state index contributed by atoms with van der Waals surface area (Å²) < 4.78 is 25.7. The van der Waals surface area contributed by atoms with Gasteiger partial charge in [-0.3, -0.25) is 13.9 Å². The van der Waals surface area contributed by atoms with Gasteiger partial charge in [0.15, 0.2) is 5.92 Å². The Morgan fingerprint density at radius 2 is 1.68 bits per heavy atom. The van der Waals surface area contributed by atoms with Crippen LogP contribution in [-0.4, -0.2) is 41.8 Å². The van der Waals surface area contributed by atoms with Crippen molar-refractivity contribution in [2.24, 2.45) is 0 Å². The summed E-state index contributed by atoms with van der Waals surface area (Å²) in [6, 6.07) is 14.9. The molecule has 0 fully saturated rings. The molecule has 2 aromatic carbocycles. The number of aromatic nitrogens is 1. The number of rotatable bonds is 7. The van der Waals surface area contributed by atoms with E-state index in [-0.39, 0.29) is 12.1 Å². The van der Waals surface area contributed by atoms with E-state index in [1.54, 1.807) is 42.5 Å². The van der Waals surface area contributed by atoms with Gasteiger partial charge in [-0.05, 0) is 35.2 Å². The van der Waals surface area contributed by atoms with Crippen molar-refractivity contribution in [3.05, 3.63) is 65.9 Å². The zero-order chi connectivity index (χ0) is 20.5. The van der Waals surface area contributed by atoms with Crippen molar-refractivity contribution in [2.45, 2.75) is 12.5 Å². The smallest absolute Gasteiger partial charge is 0.322 e. The van der Waals surface area contributed by atoms with E-state index in [1.165, 1.54) is 16.4 Å². The number of carbonyl (C=O) groups is 2. The Kier molecular flexibility index (Phi) is 5.10. The highest BCUT2D eigenvalue weighted by atomic mass is 32.2. The van der Waals surface area contributed by atoms with E-state index in [1.807, 2.05) is 0 Å². The fraction of sp³-hybridized carbons (Fsp3) is 0.158. The normalized spacial score (nSPS) is 11.6. The number of hydrogen-bond donors (Lipinski definition) is 3. The number of nitrogens with one attached hydrogen (secondary N) is 1. The average Bonchev–Trinajstić information content (AvgIpc) is 3.01. The molecule has 0 atom stereocenters. The summed E-state index contributed by atoms with van der Waals surface area (Å²) in [5.74, 6) is -4.58. The number of hydrogen-bond acceptors (Lipinski definition) is 4. The van der Waals surface area contributed by atoms with E-state index in [4.69, 9.17) is 10.2 Å². The molecule has 0 bridgehead atoms. The van der Waals surface area contributed by atoms with Gasteiger partial charge in [-0.2, -0.15) is 0 Å². The number of H-pyrrole nitrogens is 1. The van der Waals surface area contributed by atoms with Crippen LogP contribution in [0, 0.1) is 0 Å². The Balaban J connectivity index is 1.98. The average molecular weight is 402 g/mol. The van der Waals surface area contributed by atoms with Crippen molar-refractivity contribution < 1.29 is 28.2 Å². The molecule has 3 aromatic rings. The largest absolute Gasteiger partial charge is 0.480 e. The van der Waals surface area contributed by atoms with Crippen molar-refractivity contribution in [2.75, 3.05) is 10.6 Å². The summed E-state index contributed by atoms with van der Waals surface area (Å²) >= 11 is 0. The van der Waals surface area contributed by atoms with Gasteiger partial charge < -0.3 is 15.2 Å². The quantitative estimate of drug-likeness (QED) is 0.521. The topological polar surface area (TPSA) is 128 Å². The Morgan fingerprint density at radius 3 is 2.25 bits per heavy atom. The standard InChI is InChI=1S/C19H18N2O6S/c1-28(26,27)21(15-5-3-2-4-6-15)11-14-9-12-7-8-13(10-16(12)20-14)17(18(22)23)19(24)25/h2-10,17,20H,11H2,1H3,(H,22,23)(H,24,25). The summed E-state index contributed by atoms with van der Waals surface area (Å²) in [6.07, 6.45) is 1.12. The van der Waals surface area contributed by atoms with E-state index in [0.29, 0.717) is 16.9 Å². The van der Waals surface area contributed by atoms with Crippen molar-refractivity contribution in [3.8, 4) is 0 Å². The van der Waals surface area contributed by atoms with Crippen molar-refractivity contribution in [1.29, 1.82) is 0 Å². The van der Waals surface area contributed by atoms with Gasteiger partial charge in [-0.1, -0.05) is 30.3 Å². The van der Waals surface area contributed by atoms with E-state index >= 15 is 0 Å². The predicted molar refractivity (Wildman–Crippen MR) is 104 cm³/mol. The van der Waals surface area contributed by atoms with Crippen LogP contribution in [0.4, 0.5) is 5.69 Å². The van der Waals surface area contributed by atoms with Crippen LogP contribution < -0.4 is 4.31 Å². The maximum Gasteiger partial charge on any atom is 0.322 e. The second kappa shape index (κ2) is 7.35. The lowest BCUT2D eigenvalue weighted by atomic mass is 9.98. The van der Waals surface area contributed by atoms with E-state index in [9.17, 15) is 18.0 Å². The SMILES string of the molecule is CS(=O)(=O)N(Cc1cc2ccc(C(C(=O)O)C(=O)O)cc2[nH]1)c1ccccc1. The molecule has 0 saturated heterocycles. The molecule has 1 aromatic heterocycles. The number of carboxylic acid groups (broad SMARTS) is 2. The number of anilines is 1. The highest BCUT2D eigenvalue weighted by molar-refractivity contribution is 7.92. The fourth-order valence-electron chi connectivity index (χ4n) is 3.01. The van der Waals surface area contributed by atoms with Gasteiger partial charge in [0.05, 0.1) is 18.5 Å². The molecule has 0 saturated carbocycles. The first-order chi connectivity index (χ1) is 13.2. The van der Waals surface area contributed by atoms with E-state index in [2.05, 4.69) is 4.98 Å². The first kappa shape index (κ1) is 19.4. The Bertz CT molecular complexity index is 1120. The number of aromatic amines is 1. The van der Waals surface area contributed by atoms with Gasteiger partial charge in [0.1, 0.15) is 0 Å². The maximum atomic E-state index is 12.2. The zero-order valence-electron chi connectivity index (χ0n) is 14.9. The van der Waals surface area contributed by atoms with Crippen LogP contribution >= 0.6 is 0 Å². The summed E-state index contributed by atoms with van der Waals surface area (Å²) in [7, 11) is -3.54. The Hall–Kier alpha value is -3.33. The van der Waals surface area contributed by atoms with Crippen molar-refractivity contribution in [1.82, 2.24) is 4.98 Å². The summed E-state index contributed by atoms with van der Waals surface area (Å²) in [5, 5.41) is 19.0. The van der Waals surface area contributed by atoms with Crippen LogP contribution in [0.15, 0.2) is 54.6 Å². The lowest BCUT2D eigenvalue weighted by Crippen LogP contribution is -2.29. The van der Waals surface area contributed by atoms with Gasteiger partial charge in [0, 0.05) is 11.2 Å². The molecular formula is C19H18N2O6S. The minimum atomic E-state index is -3.54. The number of fused-ring (bicyclic) bond motifs is 1. The molecule has 0 unspecified atom stereocenters. The van der Waals surface area contributed by atoms with Gasteiger partial charge in [-0.25, -0.2) is 8.42 Å². The van der Waals surface area contributed by atoms with Crippen LogP contribution in [0.3, 0.4) is 0 Å². The van der Waals surface area contributed by atoms with E-state index < -0.39 is 27.9 Å². The third-order valence-corrected chi connectivity index (χ3v) is 5.43. The molecule has 0 aliphatic heterocycles. The number of sulfonamides is 1. The van der Waals surface area contributed by atoms with Crippen molar-refractivity contribution in [3.63, 3.8) is 0 Å². The van der Waals surface area contributed by atoms with Crippen LogP contribution in [0.1, 0.15) is 17.2 Å². The fourth-order valence-corrected chi connectivity index (χ4v) is 3.89. The molecule has 146 valence electrons. The Morgan fingerprint density at radius 1 is 1.04 bits per heavy atom. The molecule has 0 aliphatic carbocycles. The third kappa shape index (κ3) is 3.99. The molecule has 8 nitrogen and oxygen atoms in total. The number of nitrogens with zero attached hydrogens (tertiary/aromatic N) is 1. The molecule has 9 heteroatoms. The van der Waals surface area contributed by atoms with Gasteiger partial charge >= 0.3 is 11.9 Å².